The standard InChI is InChI=1S/C13H16O7/c14-8-9(15)11(20-12(17)10(8)16)13(18)19-6-7-4-2-1-3-5-7/h1-5,8-12,14-17H,6H2/t8?,9-,10+,11?,12?/m1/s1. The van der Waals surface area contributed by atoms with E-state index in [0.29, 0.717) is 0 Å². The second kappa shape index (κ2) is 6.29. The van der Waals surface area contributed by atoms with Crippen molar-refractivity contribution in [2.45, 2.75) is 37.3 Å². The van der Waals surface area contributed by atoms with E-state index in [0.717, 1.165) is 5.56 Å². The summed E-state index contributed by atoms with van der Waals surface area (Å²) in [6.07, 6.45) is -8.34. The van der Waals surface area contributed by atoms with Crippen molar-refractivity contribution in [2.24, 2.45) is 0 Å². The van der Waals surface area contributed by atoms with Crippen molar-refractivity contribution in [3.8, 4) is 0 Å². The van der Waals surface area contributed by atoms with Crippen LogP contribution in [0.5, 0.6) is 0 Å². The van der Waals surface area contributed by atoms with Gasteiger partial charge in [-0.15, -0.1) is 0 Å². The molecule has 1 saturated heterocycles. The average Bonchev–Trinajstić information content (AvgIpc) is 2.47. The van der Waals surface area contributed by atoms with Crippen molar-refractivity contribution >= 4 is 5.97 Å². The molecule has 0 amide bonds. The lowest BCUT2D eigenvalue weighted by Crippen LogP contribution is -2.59. The number of benzene rings is 1. The van der Waals surface area contributed by atoms with Gasteiger partial charge in [-0.25, -0.2) is 4.79 Å². The number of hydrogen-bond donors (Lipinski definition) is 4. The van der Waals surface area contributed by atoms with E-state index in [1.807, 2.05) is 6.07 Å². The maximum absolute atomic E-state index is 11.8. The molecule has 7 heteroatoms. The summed E-state index contributed by atoms with van der Waals surface area (Å²) in [5.41, 5.74) is 0.743. The van der Waals surface area contributed by atoms with Gasteiger partial charge in [0.15, 0.2) is 12.4 Å². The van der Waals surface area contributed by atoms with Gasteiger partial charge in [0.05, 0.1) is 0 Å². The summed E-state index contributed by atoms with van der Waals surface area (Å²) in [5.74, 6) is -0.925. The fourth-order valence-corrected chi connectivity index (χ4v) is 1.87. The Morgan fingerprint density at radius 2 is 1.70 bits per heavy atom. The third kappa shape index (κ3) is 3.14. The molecule has 2 rings (SSSR count). The summed E-state index contributed by atoms with van der Waals surface area (Å²) in [6, 6.07) is 8.86. The van der Waals surface area contributed by atoms with Gasteiger partial charge in [-0.3, -0.25) is 0 Å². The van der Waals surface area contributed by atoms with E-state index in [1.165, 1.54) is 0 Å². The van der Waals surface area contributed by atoms with Gasteiger partial charge < -0.3 is 29.9 Å². The van der Waals surface area contributed by atoms with Crippen molar-refractivity contribution in [2.75, 3.05) is 0 Å². The molecule has 0 bridgehead atoms. The molecule has 3 unspecified atom stereocenters. The number of rotatable bonds is 3. The molecular weight excluding hydrogens is 268 g/mol. The lowest BCUT2D eigenvalue weighted by atomic mass is 9.99. The van der Waals surface area contributed by atoms with Gasteiger partial charge in [0, 0.05) is 0 Å². The first-order valence-electron chi connectivity index (χ1n) is 6.09. The first-order chi connectivity index (χ1) is 9.50. The molecule has 20 heavy (non-hydrogen) atoms. The lowest BCUT2D eigenvalue weighted by molar-refractivity contribution is -0.281. The first kappa shape index (κ1) is 14.9. The third-order valence-electron chi connectivity index (χ3n) is 3.04. The van der Waals surface area contributed by atoms with Gasteiger partial charge >= 0.3 is 5.97 Å². The van der Waals surface area contributed by atoms with Gasteiger partial charge in [-0.1, -0.05) is 30.3 Å². The summed E-state index contributed by atoms with van der Waals surface area (Å²) in [5, 5.41) is 37.7. The molecule has 110 valence electrons. The molecule has 0 spiro atoms. The zero-order chi connectivity index (χ0) is 14.7. The minimum absolute atomic E-state index is 0.0268. The van der Waals surface area contributed by atoms with E-state index in [2.05, 4.69) is 0 Å². The van der Waals surface area contributed by atoms with E-state index < -0.39 is 36.7 Å². The topological polar surface area (TPSA) is 116 Å². The zero-order valence-corrected chi connectivity index (χ0v) is 10.5. The van der Waals surface area contributed by atoms with Gasteiger partial charge in [0.2, 0.25) is 0 Å². The highest BCUT2D eigenvalue weighted by Crippen LogP contribution is 2.21. The Hall–Kier alpha value is -1.51. The predicted molar refractivity (Wildman–Crippen MR) is 65.1 cm³/mol. The van der Waals surface area contributed by atoms with Crippen molar-refractivity contribution in [3.05, 3.63) is 35.9 Å². The third-order valence-corrected chi connectivity index (χ3v) is 3.04. The highest BCUT2D eigenvalue weighted by Gasteiger charge is 2.46. The van der Waals surface area contributed by atoms with Gasteiger partial charge in [0.1, 0.15) is 24.9 Å². The van der Waals surface area contributed by atoms with Crippen LogP contribution in [0.25, 0.3) is 0 Å². The number of carbonyl (C=O) groups excluding carboxylic acids is 1. The van der Waals surface area contributed by atoms with Crippen molar-refractivity contribution in [3.63, 3.8) is 0 Å². The van der Waals surface area contributed by atoms with Gasteiger partial charge in [-0.2, -0.15) is 0 Å². The smallest absolute Gasteiger partial charge is 0.338 e. The Morgan fingerprint density at radius 3 is 2.35 bits per heavy atom. The molecule has 1 fully saturated rings. The predicted octanol–water partition coefficient (Wildman–Crippen LogP) is -1.47. The Labute approximate surface area is 115 Å². The highest BCUT2D eigenvalue weighted by molar-refractivity contribution is 5.75. The minimum atomic E-state index is -1.76. The monoisotopic (exact) mass is 284 g/mol. The lowest BCUT2D eigenvalue weighted by Gasteiger charge is -2.36. The van der Waals surface area contributed by atoms with Crippen LogP contribution in [0.3, 0.4) is 0 Å². The summed E-state index contributed by atoms with van der Waals surface area (Å²) in [6.45, 7) is -0.0268. The molecule has 1 heterocycles. The summed E-state index contributed by atoms with van der Waals surface area (Å²) >= 11 is 0. The summed E-state index contributed by atoms with van der Waals surface area (Å²) in [4.78, 5) is 11.8. The number of hydrogen-bond acceptors (Lipinski definition) is 7. The first-order valence-corrected chi connectivity index (χ1v) is 6.09. The fourth-order valence-electron chi connectivity index (χ4n) is 1.87. The number of aliphatic hydroxyl groups is 4. The molecule has 0 aliphatic carbocycles. The van der Waals surface area contributed by atoms with Crippen LogP contribution in [-0.4, -0.2) is 57.1 Å². The maximum Gasteiger partial charge on any atom is 0.338 e. The van der Waals surface area contributed by atoms with Gasteiger partial charge in [-0.05, 0) is 5.56 Å². The average molecular weight is 284 g/mol. The van der Waals surface area contributed by atoms with E-state index in [1.54, 1.807) is 24.3 Å². The van der Waals surface area contributed by atoms with Crippen LogP contribution in [0.4, 0.5) is 0 Å². The fraction of sp³-hybridized carbons (Fsp3) is 0.462. The molecule has 1 aliphatic rings. The molecule has 0 radical (unpaired) electrons. The van der Waals surface area contributed by atoms with Crippen molar-refractivity contribution < 1.29 is 34.7 Å². The molecule has 1 aromatic rings. The largest absolute Gasteiger partial charge is 0.459 e. The van der Waals surface area contributed by atoms with Crippen LogP contribution < -0.4 is 0 Å². The molecule has 0 saturated carbocycles. The second-order valence-corrected chi connectivity index (χ2v) is 4.51. The second-order valence-electron chi connectivity index (χ2n) is 4.51. The molecule has 1 aliphatic heterocycles. The normalized spacial score (nSPS) is 33.7. The number of aliphatic hydroxyl groups excluding tert-OH is 4. The highest BCUT2D eigenvalue weighted by atomic mass is 16.7. The minimum Gasteiger partial charge on any atom is -0.459 e. The Morgan fingerprint density at radius 1 is 1.05 bits per heavy atom. The molecule has 0 aromatic heterocycles. The van der Waals surface area contributed by atoms with E-state index in [-0.39, 0.29) is 6.61 Å². The van der Waals surface area contributed by atoms with Gasteiger partial charge in [0.25, 0.3) is 0 Å². The van der Waals surface area contributed by atoms with Crippen molar-refractivity contribution in [1.82, 2.24) is 0 Å². The van der Waals surface area contributed by atoms with Crippen LogP contribution in [0.1, 0.15) is 5.56 Å². The molecule has 5 atom stereocenters. The SMILES string of the molecule is O=C(OCc1ccccc1)C1OC(O)[C@@H](O)C(O)[C@H]1O. The van der Waals surface area contributed by atoms with Crippen LogP contribution in [0.15, 0.2) is 30.3 Å². The molecule has 4 N–H and O–H groups in total. The van der Waals surface area contributed by atoms with Crippen molar-refractivity contribution in [1.29, 1.82) is 0 Å². The number of carbonyl (C=O) groups is 1. The van der Waals surface area contributed by atoms with Crippen LogP contribution >= 0.6 is 0 Å². The quantitative estimate of drug-likeness (QED) is 0.501. The van der Waals surface area contributed by atoms with E-state index >= 15 is 0 Å². The van der Waals surface area contributed by atoms with Crippen LogP contribution in [0.2, 0.25) is 0 Å². The van der Waals surface area contributed by atoms with E-state index in [9.17, 15) is 25.2 Å². The Kier molecular flexibility index (Phi) is 4.69. The summed E-state index contributed by atoms with van der Waals surface area (Å²) in [7, 11) is 0. The molecule has 1 aromatic carbocycles. The Balaban J connectivity index is 1.95. The summed E-state index contributed by atoms with van der Waals surface area (Å²) < 4.78 is 9.69. The number of ether oxygens (including phenoxy) is 2. The zero-order valence-electron chi connectivity index (χ0n) is 10.5. The molecule has 7 nitrogen and oxygen atoms in total. The van der Waals surface area contributed by atoms with E-state index in [4.69, 9.17) is 9.47 Å². The van der Waals surface area contributed by atoms with Crippen LogP contribution in [0, 0.1) is 0 Å². The maximum atomic E-state index is 11.8. The van der Waals surface area contributed by atoms with Crippen LogP contribution in [-0.2, 0) is 20.9 Å². The molecular formula is C13H16O7. The number of esters is 1. The Bertz CT molecular complexity index is 449.